The summed E-state index contributed by atoms with van der Waals surface area (Å²) in [7, 11) is 0. The number of halogens is 1. The molecule has 0 radical (unpaired) electrons. The summed E-state index contributed by atoms with van der Waals surface area (Å²) in [6, 6.07) is 7.87. The van der Waals surface area contributed by atoms with E-state index in [1.54, 1.807) is 0 Å². The SMILES string of the molecule is CCOC(C(Cc1ccccc1Cl)NN)C(C)(C)C. The Morgan fingerprint density at radius 1 is 1.32 bits per heavy atom. The van der Waals surface area contributed by atoms with Crippen LogP contribution in [0.3, 0.4) is 0 Å². The minimum Gasteiger partial charge on any atom is -0.376 e. The second kappa shape index (κ2) is 7.25. The summed E-state index contributed by atoms with van der Waals surface area (Å²) in [4.78, 5) is 0. The highest BCUT2D eigenvalue weighted by Crippen LogP contribution is 2.27. The van der Waals surface area contributed by atoms with E-state index in [9.17, 15) is 0 Å². The Balaban J connectivity index is 2.89. The van der Waals surface area contributed by atoms with Crippen LogP contribution >= 0.6 is 11.6 Å². The molecule has 0 fully saturated rings. The van der Waals surface area contributed by atoms with Crippen LogP contribution in [0.1, 0.15) is 33.3 Å². The van der Waals surface area contributed by atoms with Gasteiger partial charge in [-0.1, -0.05) is 50.6 Å². The number of hydrogen-bond acceptors (Lipinski definition) is 3. The summed E-state index contributed by atoms with van der Waals surface area (Å²) in [6.45, 7) is 9.14. The highest BCUT2D eigenvalue weighted by atomic mass is 35.5. The molecule has 1 aromatic carbocycles. The predicted molar refractivity (Wildman–Crippen MR) is 81.1 cm³/mol. The normalized spacial score (nSPS) is 15.3. The maximum Gasteiger partial charge on any atom is 0.0792 e. The fourth-order valence-corrected chi connectivity index (χ4v) is 2.52. The third-order valence-corrected chi connectivity index (χ3v) is 3.55. The van der Waals surface area contributed by atoms with E-state index in [4.69, 9.17) is 22.2 Å². The lowest BCUT2D eigenvalue weighted by Gasteiger charge is -2.36. The largest absolute Gasteiger partial charge is 0.376 e. The zero-order valence-corrected chi connectivity index (χ0v) is 13.0. The first-order chi connectivity index (χ1) is 8.90. The molecule has 0 aliphatic heterocycles. The molecule has 0 heterocycles. The second-order valence-electron chi connectivity index (χ2n) is 5.81. The summed E-state index contributed by atoms with van der Waals surface area (Å²) in [5.74, 6) is 5.73. The van der Waals surface area contributed by atoms with E-state index in [1.807, 2.05) is 31.2 Å². The molecule has 1 rings (SSSR count). The van der Waals surface area contributed by atoms with Gasteiger partial charge in [0.1, 0.15) is 0 Å². The van der Waals surface area contributed by atoms with E-state index in [0.717, 1.165) is 17.0 Å². The lowest BCUT2D eigenvalue weighted by Crippen LogP contribution is -2.52. The second-order valence-corrected chi connectivity index (χ2v) is 6.22. The quantitative estimate of drug-likeness (QED) is 0.623. The lowest BCUT2D eigenvalue weighted by molar-refractivity contribution is -0.0356. The minimum absolute atomic E-state index is 0.00824. The molecule has 108 valence electrons. The summed E-state index contributed by atoms with van der Waals surface area (Å²) in [5.41, 5.74) is 3.98. The summed E-state index contributed by atoms with van der Waals surface area (Å²) < 4.78 is 5.89. The Bertz CT molecular complexity index is 390. The van der Waals surface area contributed by atoms with Crippen molar-refractivity contribution in [3.05, 3.63) is 34.9 Å². The Hall–Kier alpha value is -0.610. The van der Waals surface area contributed by atoms with Crippen LogP contribution in [-0.2, 0) is 11.2 Å². The summed E-state index contributed by atoms with van der Waals surface area (Å²) in [6.07, 6.45) is 0.775. The van der Waals surface area contributed by atoms with Gasteiger partial charge in [0.25, 0.3) is 0 Å². The van der Waals surface area contributed by atoms with E-state index in [-0.39, 0.29) is 17.6 Å². The van der Waals surface area contributed by atoms with Crippen molar-refractivity contribution >= 4 is 11.6 Å². The van der Waals surface area contributed by atoms with Crippen LogP contribution in [0.25, 0.3) is 0 Å². The van der Waals surface area contributed by atoms with Crippen molar-refractivity contribution in [3.8, 4) is 0 Å². The molecule has 4 heteroatoms. The Kier molecular flexibility index (Phi) is 6.27. The van der Waals surface area contributed by atoms with Gasteiger partial charge in [-0.25, -0.2) is 0 Å². The molecule has 0 saturated heterocycles. The molecule has 0 aliphatic rings. The third kappa shape index (κ3) is 4.77. The van der Waals surface area contributed by atoms with Gasteiger partial charge >= 0.3 is 0 Å². The molecule has 1 aromatic rings. The van der Waals surface area contributed by atoms with Crippen molar-refractivity contribution in [2.75, 3.05) is 6.61 Å². The number of ether oxygens (including phenoxy) is 1. The Labute approximate surface area is 121 Å². The Morgan fingerprint density at radius 3 is 2.42 bits per heavy atom. The summed E-state index contributed by atoms with van der Waals surface area (Å²) >= 11 is 6.21. The van der Waals surface area contributed by atoms with Crippen molar-refractivity contribution in [2.24, 2.45) is 11.3 Å². The first-order valence-corrected chi connectivity index (χ1v) is 7.09. The first kappa shape index (κ1) is 16.4. The molecule has 0 amide bonds. The van der Waals surface area contributed by atoms with Gasteiger partial charge in [-0.2, -0.15) is 0 Å². The van der Waals surface area contributed by atoms with Gasteiger partial charge in [-0.05, 0) is 30.4 Å². The van der Waals surface area contributed by atoms with Crippen LogP contribution in [0.5, 0.6) is 0 Å². The number of nitrogens with one attached hydrogen (secondary N) is 1. The monoisotopic (exact) mass is 284 g/mol. The molecule has 2 unspecified atom stereocenters. The number of hydrazine groups is 1. The third-order valence-electron chi connectivity index (χ3n) is 3.18. The number of benzene rings is 1. The van der Waals surface area contributed by atoms with Crippen molar-refractivity contribution in [1.82, 2.24) is 5.43 Å². The van der Waals surface area contributed by atoms with E-state index in [0.29, 0.717) is 6.61 Å². The van der Waals surface area contributed by atoms with Crippen LogP contribution in [-0.4, -0.2) is 18.8 Å². The number of rotatable bonds is 6. The first-order valence-electron chi connectivity index (χ1n) is 6.71. The maximum absolute atomic E-state index is 6.21. The number of hydrogen-bond donors (Lipinski definition) is 2. The number of nitrogens with two attached hydrogens (primary N) is 1. The van der Waals surface area contributed by atoms with Crippen LogP contribution in [0, 0.1) is 5.41 Å². The average molecular weight is 285 g/mol. The van der Waals surface area contributed by atoms with Gasteiger partial charge in [-0.3, -0.25) is 11.3 Å². The molecule has 0 aliphatic carbocycles. The van der Waals surface area contributed by atoms with Gasteiger partial charge in [0.2, 0.25) is 0 Å². The van der Waals surface area contributed by atoms with Crippen LogP contribution in [0.4, 0.5) is 0 Å². The smallest absolute Gasteiger partial charge is 0.0792 e. The fourth-order valence-electron chi connectivity index (χ4n) is 2.30. The van der Waals surface area contributed by atoms with Crippen molar-refractivity contribution < 1.29 is 4.74 Å². The predicted octanol–water partition coefficient (Wildman–Crippen LogP) is 3.17. The summed E-state index contributed by atoms with van der Waals surface area (Å²) in [5, 5.41) is 0.770. The van der Waals surface area contributed by atoms with Crippen molar-refractivity contribution in [1.29, 1.82) is 0 Å². The maximum atomic E-state index is 6.21. The van der Waals surface area contributed by atoms with Gasteiger partial charge < -0.3 is 4.74 Å². The van der Waals surface area contributed by atoms with Crippen molar-refractivity contribution in [3.63, 3.8) is 0 Å². The van der Waals surface area contributed by atoms with Crippen LogP contribution < -0.4 is 11.3 Å². The van der Waals surface area contributed by atoms with Gasteiger partial charge in [-0.15, -0.1) is 0 Å². The molecule has 2 atom stereocenters. The van der Waals surface area contributed by atoms with Crippen molar-refractivity contribution in [2.45, 2.75) is 46.3 Å². The van der Waals surface area contributed by atoms with Gasteiger partial charge in [0.15, 0.2) is 0 Å². The van der Waals surface area contributed by atoms with Crippen LogP contribution in [0.2, 0.25) is 5.02 Å². The molecular formula is C15H25ClN2O. The molecular weight excluding hydrogens is 260 g/mol. The molecule has 0 bridgehead atoms. The van der Waals surface area contributed by atoms with E-state index < -0.39 is 0 Å². The highest BCUT2D eigenvalue weighted by Gasteiger charge is 2.32. The minimum atomic E-state index is 0.00824. The average Bonchev–Trinajstić information content (AvgIpc) is 2.34. The lowest BCUT2D eigenvalue weighted by atomic mass is 9.82. The van der Waals surface area contributed by atoms with E-state index in [2.05, 4.69) is 26.2 Å². The molecule has 0 aromatic heterocycles. The molecule has 0 saturated carbocycles. The van der Waals surface area contributed by atoms with Gasteiger partial charge in [0.05, 0.1) is 12.1 Å². The zero-order valence-electron chi connectivity index (χ0n) is 12.2. The van der Waals surface area contributed by atoms with E-state index in [1.165, 1.54) is 0 Å². The van der Waals surface area contributed by atoms with E-state index >= 15 is 0 Å². The standard InChI is InChI=1S/C15H25ClN2O/c1-5-19-14(15(2,3)4)13(18-17)10-11-8-6-7-9-12(11)16/h6-9,13-14,18H,5,10,17H2,1-4H3. The highest BCUT2D eigenvalue weighted by molar-refractivity contribution is 6.31. The molecule has 0 spiro atoms. The zero-order chi connectivity index (χ0) is 14.5. The molecule has 19 heavy (non-hydrogen) atoms. The topological polar surface area (TPSA) is 47.3 Å². The molecule has 3 nitrogen and oxygen atoms in total. The van der Waals surface area contributed by atoms with Gasteiger partial charge in [0, 0.05) is 11.6 Å². The fraction of sp³-hybridized carbons (Fsp3) is 0.600. The molecule has 3 N–H and O–H groups in total. The Morgan fingerprint density at radius 2 is 1.95 bits per heavy atom. The van der Waals surface area contributed by atoms with Crippen LogP contribution in [0.15, 0.2) is 24.3 Å².